The second kappa shape index (κ2) is 11.5. The second-order valence-electron chi connectivity index (χ2n) is 10.8. The number of benzene rings is 2. The largest absolute Gasteiger partial charge is 0.490 e. The Kier molecular flexibility index (Phi) is 9.35. The van der Waals surface area contributed by atoms with Crippen LogP contribution in [0.1, 0.15) is 93.4 Å². The Hall–Kier alpha value is -2.86. The number of rotatable bonds is 11. The molecule has 0 fully saturated rings. The van der Waals surface area contributed by atoms with Crippen LogP contribution in [0.5, 0.6) is 5.75 Å². The highest BCUT2D eigenvalue weighted by atomic mass is 16.5. The minimum absolute atomic E-state index is 0.227. The van der Waals surface area contributed by atoms with Crippen LogP contribution in [0.25, 0.3) is 0 Å². The molecule has 1 amide bonds. The quantitative estimate of drug-likeness (QED) is 0.365. The summed E-state index contributed by atoms with van der Waals surface area (Å²) in [6.45, 7) is 16.1. The first kappa shape index (κ1) is 29.4. The standard InChI is InChI=1S/C30H43NO5/c1-9-29(10-2,22-12-14-24(20(4)16-22)27(34)31-18-26(32)33)23-13-15-25(21(5)17-23)36-19-30(35,11-3)28(6,7)8/h12-17,35H,9-11,18-19H2,1-8H3,(H,31,34)(H,32,33). The van der Waals surface area contributed by atoms with Crippen LogP contribution >= 0.6 is 0 Å². The molecular formula is C30H43NO5. The minimum atomic E-state index is -1.07. The predicted octanol–water partition coefficient (Wildman–Crippen LogP) is 5.79. The summed E-state index contributed by atoms with van der Waals surface area (Å²) in [6.07, 6.45) is 2.34. The Morgan fingerprint density at radius 2 is 1.44 bits per heavy atom. The summed E-state index contributed by atoms with van der Waals surface area (Å²) in [4.78, 5) is 23.2. The van der Waals surface area contributed by atoms with Gasteiger partial charge in [-0.3, -0.25) is 9.59 Å². The molecule has 0 aliphatic heterocycles. The maximum absolute atomic E-state index is 12.4. The molecule has 0 aliphatic rings. The molecule has 0 aromatic heterocycles. The lowest BCUT2D eigenvalue weighted by atomic mass is 9.70. The Bertz CT molecular complexity index is 1080. The molecule has 0 aliphatic carbocycles. The number of hydrogen-bond donors (Lipinski definition) is 3. The Morgan fingerprint density at radius 1 is 0.889 bits per heavy atom. The first-order valence-electron chi connectivity index (χ1n) is 12.8. The van der Waals surface area contributed by atoms with Crippen molar-refractivity contribution in [1.82, 2.24) is 5.32 Å². The molecule has 2 rings (SSSR count). The van der Waals surface area contributed by atoms with E-state index in [0.29, 0.717) is 12.0 Å². The number of carboxylic acids is 1. The third-order valence-corrected chi connectivity index (χ3v) is 7.81. The maximum Gasteiger partial charge on any atom is 0.322 e. The highest BCUT2D eigenvalue weighted by Gasteiger charge is 2.39. The van der Waals surface area contributed by atoms with Crippen molar-refractivity contribution in [2.24, 2.45) is 5.41 Å². The van der Waals surface area contributed by atoms with Gasteiger partial charge in [-0.25, -0.2) is 0 Å². The lowest BCUT2D eigenvalue weighted by Crippen LogP contribution is -2.47. The highest BCUT2D eigenvalue weighted by Crippen LogP contribution is 2.41. The van der Waals surface area contributed by atoms with E-state index >= 15 is 0 Å². The summed E-state index contributed by atoms with van der Waals surface area (Å²) >= 11 is 0. The van der Waals surface area contributed by atoms with Crippen molar-refractivity contribution in [3.63, 3.8) is 0 Å². The first-order valence-corrected chi connectivity index (χ1v) is 12.8. The zero-order valence-electron chi connectivity index (χ0n) is 23.1. The van der Waals surface area contributed by atoms with Gasteiger partial charge in [0, 0.05) is 11.0 Å². The van der Waals surface area contributed by atoms with Gasteiger partial charge < -0.3 is 20.3 Å². The molecule has 1 unspecified atom stereocenters. The van der Waals surface area contributed by atoms with E-state index in [4.69, 9.17) is 9.84 Å². The number of hydrogen-bond acceptors (Lipinski definition) is 4. The van der Waals surface area contributed by atoms with E-state index in [1.54, 1.807) is 6.07 Å². The van der Waals surface area contributed by atoms with Crippen LogP contribution in [0.2, 0.25) is 0 Å². The molecule has 0 saturated heterocycles. The number of aryl methyl sites for hydroxylation is 2. The van der Waals surface area contributed by atoms with E-state index in [1.807, 2.05) is 59.7 Å². The van der Waals surface area contributed by atoms with Crippen LogP contribution in [-0.2, 0) is 10.2 Å². The molecule has 1 atom stereocenters. The second-order valence-corrected chi connectivity index (χ2v) is 10.8. The fourth-order valence-corrected chi connectivity index (χ4v) is 4.86. The molecule has 0 spiro atoms. The van der Waals surface area contributed by atoms with E-state index in [9.17, 15) is 14.7 Å². The summed E-state index contributed by atoms with van der Waals surface area (Å²) < 4.78 is 6.12. The zero-order chi connectivity index (χ0) is 27.3. The fraction of sp³-hybridized carbons (Fsp3) is 0.533. The van der Waals surface area contributed by atoms with E-state index in [2.05, 4.69) is 31.3 Å². The summed E-state index contributed by atoms with van der Waals surface area (Å²) in [7, 11) is 0. The Labute approximate surface area is 216 Å². The predicted molar refractivity (Wildman–Crippen MR) is 144 cm³/mol. The van der Waals surface area contributed by atoms with Gasteiger partial charge in [0.25, 0.3) is 5.91 Å². The molecule has 36 heavy (non-hydrogen) atoms. The SMILES string of the molecule is CCC(CC)(c1ccc(OCC(O)(CC)C(C)(C)C)c(C)c1)c1ccc(C(=O)NCC(=O)O)c(C)c1. The number of ether oxygens (including phenoxy) is 1. The normalized spacial score (nSPS) is 13.7. The van der Waals surface area contributed by atoms with Gasteiger partial charge in [-0.2, -0.15) is 0 Å². The molecule has 2 aromatic carbocycles. The van der Waals surface area contributed by atoms with Crippen LogP contribution < -0.4 is 10.1 Å². The van der Waals surface area contributed by atoms with Gasteiger partial charge in [-0.1, -0.05) is 65.8 Å². The minimum Gasteiger partial charge on any atom is -0.490 e. The van der Waals surface area contributed by atoms with Crippen LogP contribution in [0.3, 0.4) is 0 Å². The number of carbonyl (C=O) groups is 2. The van der Waals surface area contributed by atoms with E-state index in [0.717, 1.165) is 35.3 Å². The molecule has 0 radical (unpaired) electrons. The van der Waals surface area contributed by atoms with Gasteiger partial charge in [0.2, 0.25) is 0 Å². The topological polar surface area (TPSA) is 95.9 Å². The first-order chi connectivity index (χ1) is 16.7. The monoisotopic (exact) mass is 497 g/mol. The lowest BCUT2D eigenvalue weighted by molar-refractivity contribution is -0.135. The molecular weight excluding hydrogens is 454 g/mol. The number of aliphatic carboxylic acids is 1. The Balaban J connectivity index is 2.38. The van der Waals surface area contributed by atoms with Crippen molar-refractivity contribution in [2.45, 2.75) is 85.7 Å². The number of amides is 1. The number of aliphatic hydroxyl groups is 1. The van der Waals surface area contributed by atoms with Crippen molar-refractivity contribution >= 4 is 11.9 Å². The van der Waals surface area contributed by atoms with Crippen LogP contribution in [0, 0.1) is 19.3 Å². The molecule has 2 aromatic rings. The van der Waals surface area contributed by atoms with Gasteiger partial charge in [0.1, 0.15) is 24.5 Å². The van der Waals surface area contributed by atoms with Gasteiger partial charge in [0.15, 0.2) is 0 Å². The number of nitrogens with one attached hydrogen (secondary N) is 1. The van der Waals surface area contributed by atoms with Gasteiger partial charge in [-0.15, -0.1) is 0 Å². The molecule has 0 heterocycles. The maximum atomic E-state index is 12.4. The molecule has 6 nitrogen and oxygen atoms in total. The number of carboxylic acid groups (broad SMARTS) is 1. The lowest BCUT2D eigenvalue weighted by Gasteiger charge is -2.39. The van der Waals surface area contributed by atoms with E-state index in [1.165, 1.54) is 5.56 Å². The molecule has 6 heteroatoms. The van der Waals surface area contributed by atoms with Crippen LogP contribution in [0.15, 0.2) is 36.4 Å². The molecule has 3 N–H and O–H groups in total. The van der Waals surface area contributed by atoms with E-state index < -0.39 is 18.1 Å². The third-order valence-electron chi connectivity index (χ3n) is 7.81. The van der Waals surface area contributed by atoms with Crippen LogP contribution in [0.4, 0.5) is 0 Å². The Morgan fingerprint density at radius 3 is 1.89 bits per heavy atom. The average molecular weight is 498 g/mol. The van der Waals surface area contributed by atoms with Gasteiger partial charge in [-0.05, 0) is 72.9 Å². The van der Waals surface area contributed by atoms with Crippen molar-refractivity contribution in [3.05, 3.63) is 64.2 Å². The molecule has 198 valence electrons. The summed E-state index contributed by atoms with van der Waals surface area (Å²) in [5.74, 6) is -0.702. The van der Waals surface area contributed by atoms with Crippen molar-refractivity contribution < 1.29 is 24.5 Å². The van der Waals surface area contributed by atoms with Crippen molar-refractivity contribution in [3.8, 4) is 5.75 Å². The summed E-state index contributed by atoms with van der Waals surface area (Å²) in [5, 5.41) is 22.4. The third kappa shape index (κ3) is 6.09. The average Bonchev–Trinajstić information content (AvgIpc) is 2.82. The zero-order valence-corrected chi connectivity index (χ0v) is 23.1. The molecule has 0 bridgehead atoms. The summed E-state index contributed by atoms with van der Waals surface area (Å²) in [5.41, 5.74) is 3.09. The fourth-order valence-electron chi connectivity index (χ4n) is 4.86. The summed E-state index contributed by atoms with van der Waals surface area (Å²) in [6, 6.07) is 12.0. The molecule has 0 saturated carbocycles. The van der Waals surface area contributed by atoms with Gasteiger partial charge >= 0.3 is 5.97 Å². The van der Waals surface area contributed by atoms with Gasteiger partial charge in [0.05, 0.1) is 0 Å². The smallest absolute Gasteiger partial charge is 0.322 e. The van der Waals surface area contributed by atoms with Crippen molar-refractivity contribution in [2.75, 3.05) is 13.2 Å². The highest BCUT2D eigenvalue weighted by molar-refractivity contribution is 5.97. The van der Waals surface area contributed by atoms with E-state index in [-0.39, 0.29) is 23.3 Å². The number of carbonyl (C=O) groups excluding carboxylic acids is 1. The van der Waals surface area contributed by atoms with Crippen LogP contribution in [-0.4, -0.2) is 40.8 Å². The van der Waals surface area contributed by atoms with Crippen molar-refractivity contribution in [1.29, 1.82) is 0 Å².